The smallest absolute Gasteiger partial charge is 0.262 e. The van der Waals surface area contributed by atoms with Gasteiger partial charge in [-0.15, -0.1) is 0 Å². The van der Waals surface area contributed by atoms with Crippen molar-refractivity contribution in [3.8, 4) is 11.8 Å². The third-order valence-electron chi connectivity index (χ3n) is 4.29. The molecule has 0 aliphatic rings. The van der Waals surface area contributed by atoms with Crippen LogP contribution in [0.2, 0.25) is 0 Å². The molecule has 0 saturated heterocycles. The molecule has 0 amide bonds. The Labute approximate surface area is 171 Å². The lowest BCUT2D eigenvalue weighted by Crippen LogP contribution is -2.24. The molecular formula is C22H17N3O3S. The minimum absolute atomic E-state index is 0.0949. The highest BCUT2D eigenvalue weighted by atomic mass is 32.2. The van der Waals surface area contributed by atoms with Crippen LogP contribution in [0.4, 0.5) is 0 Å². The van der Waals surface area contributed by atoms with Gasteiger partial charge in [0.05, 0.1) is 42.0 Å². The molecule has 144 valence electrons. The molecule has 0 N–H and O–H groups in total. The number of benzene rings is 2. The molecule has 0 aliphatic carbocycles. The minimum atomic E-state index is -0.0949. The van der Waals surface area contributed by atoms with Crippen molar-refractivity contribution in [2.75, 3.05) is 12.4 Å². The Morgan fingerprint density at radius 2 is 1.93 bits per heavy atom. The van der Waals surface area contributed by atoms with Crippen LogP contribution in [0.15, 0.2) is 81.3 Å². The van der Waals surface area contributed by atoms with E-state index in [1.54, 1.807) is 47.2 Å². The third kappa shape index (κ3) is 4.33. The van der Waals surface area contributed by atoms with Gasteiger partial charge >= 0.3 is 0 Å². The Kier molecular flexibility index (Phi) is 5.63. The van der Waals surface area contributed by atoms with E-state index in [1.807, 2.05) is 24.3 Å². The topological polar surface area (TPSA) is 81.0 Å². The number of furan rings is 1. The molecule has 0 radical (unpaired) electrons. The standard InChI is InChI=1S/C22H17N3O3S/c23-14-16-7-9-17(10-8-16)28-12-13-29-22-24-20-6-2-1-5-19(20)21(26)25(22)15-18-4-3-11-27-18/h1-11H,12-13,15H2. The van der Waals surface area contributed by atoms with E-state index < -0.39 is 0 Å². The summed E-state index contributed by atoms with van der Waals surface area (Å²) in [6.45, 7) is 0.766. The van der Waals surface area contributed by atoms with Crippen molar-refractivity contribution >= 4 is 22.7 Å². The highest BCUT2D eigenvalue weighted by Crippen LogP contribution is 2.20. The molecule has 4 aromatic rings. The van der Waals surface area contributed by atoms with Crippen molar-refractivity contribution in [1.29, 1.82) is 5.26 Å². The molecule has 0 fully saturated rings. The molecule has 2 heterocycles. The number of nitriles is 1. The second-order valence-electron chi connectivity index (χ2n) is 6.22. The van der Waals surface area contributed by atoms with E-state index in [1.165, 1.54) is 11.8 Å². The number of thioether (sulfide) groups is 1. The van der Waals surface area contributed by atoms with E-state index in [2.05, 4.69) is 11.1 Å². The van der Waals surface area contributed by atoms with E-state index >= 15 is 0 Å². The van der Waals surface area contributed by atoms with Crippen LogP contribution < -0.4 is 10.3 Å². The summed E-state index contributed by atoms with van der Waals surface area (Å²) in [7, 11) is 0. The number of fused-ring (bicyclic) bond motifs is 1. The van der Waals surface area contributed by atoms with Crippen LogP contribution in [0.1, 0.15) is 11.3 Å². The normalized spacial score (nSPS) is 10.7. The van der Waals surface area contributed by atoms with Crippen LogP contribution in [-0.2, 0) is 6.54 Å². The molecular weight excluding hydrogens is 386 g/mol. The number of ether oxygens (including phenoxy) is 1. The molecule has 0 unspecified atom stereocenters. The Morgan fingerprint density at radius 3 is 2.69 bits per heavy atom. The summed E-state index contributed by atoms with van der Waals surface area (Å²) >= 11 is 1.46. The summed E-state index contributed by atoms with van der Waals surface area (Å²) in [4.78, 5) is 17.7. The lowest BCUT2D eigenvalue weighted by Gasteiger charge is -2.12. The number of aromatic nitrogens is 2. The summed E-state index contributed by atoms with van der Waals surface area (Å²) in [5.74, 6) is 2.01. The van der Waals surface area contributed by atoms with E-state index in [-0.39, 0.29) is 5.56 Å². The molecule has 0 aliphatic heterocycles. The lowest BCUT2D eigenvalue weighted by atomic mass is 10.2. The number of para-hydroxylation sites is 1. The predicted molar refractivity (Wildman–Crippen MR) is 111 cm³/mol. The number of rotatable bonds is 7. The summed E-state index contributed by atoms with van der Waals surface area (Å²) in [6.07, 6.45) is 1.59. The van der Waals surface area contributed by atoms with Crippen LogP contribution in [-0.4, -0.2) is 21.9 Å². The third-order valence-corrected chi connectivity index (χ3v) is 5.23. The van der Waals surface area contributed by atoms with Gasteiger partial charge in [0.15, 0.2) is 5.16 Å². The molecule has 4 rings (SSSR count). The quantitative estimate of drug-likeness (QED) is 0.263. The maximum absolute atomic E-state index is 13.0. The van der Waals surface area contributed by atoms with E-state index in [9.17, 15) is 4.79 Å². The van der Waals surface area contributed by atoms with Gasteiger partial charge in [-0.3, -0.25) is 9.36 Å². The first kappa shape index (κ1) is 18.8. The van der Waals surface area contributed by atoms with Crippen LogP contribution >= 0.6 is 11.8 Å². The highest BCUT2D eigenvalue weighted by molar-refractivity contribution is 7.99. The molecule has 0 atom stereocenters. The minimum Gasteiger partial charge on any atom is -0.493 e. The average molecular weight is 403 g/mol. The molecule has 6 nitrogen and oxygen atoms in total. The van der Waals surface area contributed by atoms with Gasteiger partial charge in [0.1, 0.15) is 11.5 Å². The first-order valence-corrected chi connectivity index (χ1v) is 10.0. The molecule has 2 aromatic carbocycles. The van der Waals surface area contributed by atoms with Crippen molar-refractivity contribution in [2.24, 2.45) is 0 Å². The fourth-order valence-corrected chi connectivity index (χ4v) is 3.69. The first-order chi connectivity index (χ1) is 14.2. The second-order valence-corrected chi connectivity index (χ2v) is 7.28. The van der Waals surface area contributed by atoms with Crippen molar-refractivity contribution in [3.63, 3.8) is 0 Å². The summed E-state index contributed by atoms with van der Waals surface area (Å²) in [5, 5.41) is 10.0. The van der Waals surface area contributed by atoms with Gasteiger partial charge in [0, 0.05) is 5.75 Å². The average Bonchev–Trinajstić information content (AvgIpc) is 3.27. The van der Waals surface area contributed by atoms with Crippen LogP contribution in [0, 0.1) is 11.3 Å². The van der Waals surface area contributed by atoms with Crippen molar-refractivity contribution in [1.82, 2.24) is 9.55 Å². The summed E-state index contributed by atoms with van der Waals surface area (Å²) < 4.78 is 12.8. The Morgan fingerprint density at radius 1 is 1.10 bits per heavy atom. The highest BCUT2D eigenvalue weighted by Gasteiger charge is 2.13. The Balaban J connectivity index is 1.52. The van der Waals surface area contributed by atoms with Crippen LogP contribution in [0.3, 0.4) is 0 Å². The van der Waals surface area contributed by atoms with Gasteiger partial charge in [0.2, 0.25) is 0 Å². The maximum Gasteiger partial charge on any atom is 0.262 e. The fraction of sp³-hybridized carbons (Fsp3) is 0.136. The van der Waals surface area contributed by atoms with E-state index in [0.29, 0.717) is 52.0 Å². The van der Waals surface area contributed by atoms with Crippen molar-refractivity contribution < 1.29 is 9.15 Å². The zero-order valence-electron chi connectivity index (χ0n) is 15.4. The predicted octanol–water partition coefficient (Wildman–Crippen LogP) is 4.08. The van der Waals surface area contributed by atoms with Crippen LogP contribution in [0.5, 0.6) is 5.75 Å². The van der Waals surface area contributed by atoms with Gasteiger partial charge in [-0.25, -0.2) is 4.98 Å². The molecule has 7 heteroatoms. The zero-order valence-corrected chi connectivity index (χ0v) is 16.3. The Hall–Kier alpha value is -3.50. The lowest BCUT2D eigenvalue weighted by molar-refractivity contribution is 0.343. The van der Waals surface area contributed by atoms with Gasteiger partial charge in [-0.1, -0.05) is 23.9 Å². The number of nitrogens with zero attached hydrogens (tertiary/aromatic N) is 3. The van der Waals surface area contributed by atoms with Gasteiger partial charge in [-0.05, 0) is 48.5 Å². The SMILES string of the molecule is N#Cc1ccc(OCCSc2nc3ccccc3c(=O)n2Cc2ccco2)cc1. The zero-order chi connectivity index (χ0) is 20.1. The van der Waals surface area contributed by atoms with Crippen LogP contribution in [0.25, 0.3) is 10.9 Å². The molecule has 0 saturated carbocycles. The maximum atomic E-state index is 13.0. The van der Waals surface area contributed by atoms with Gasteiger partial charge in [0.25, 0.3) is 5.56 Å². The molecule has 0 spiro atoms. The molecule has 29 heavy (non-hydrogen) atoms. The van der Waals surface area contributed by atoms with Gasteiger partial charge < -0.3 is 9.15 Å². The number of hydrogen-bond donors (Lipinski definition) is 0. The second kappa shape index (κ2) is 8.67. The summed E-state index contributed by atoms with van der Waals surface area (Å²) in [5.41, 5.74) is 1.17. The summed E-state index contributed by atoms with van der Waals surface area (Å²) in [6, 6.07) is 20.0. The largest absolute Gasteiger partial charge is 0.493 e. The van der Waals surface area contributed by atoms with Crippen molar-refractivity contribution in [2.45, 2.75) is 11.7 Å². The molecule has 2 aromatic heterocycles. The first-order valence-electron chi connectivity index (χ1n) is 9.02. The van der Waals surface area contributed by atoms with E-state index in [4.69, 9.17) is 14.4 Å². The van der Waals surface area contributed by atoms with Crippen molar-refractivity contribution in [3.05, 3.63) is 88.6 Å². The fourth-order valence-electron chi connectivity index (χ4n) is 2.87. The Bertz CT molecular complexity index is 1210. The number of hydrogen-bond acceptors (Lipinski definition) is 6. The van der Waals surface area contributed by atoms with E-state index in [0.717, 1.165) is 0 Å². The van der Waals surface area contributed by atoms with Gasteiger partial charge in [-0.2, -0.15) is 5.26 Å². The monoisotopic (exact) mass is 403 g/mol. The molecule has 0 bridgehead atoms.